The lowest BCUT2D eigenvalue weighted by atomic mass is 9.63. The Balaban J connectivity index is 1.20. The summed E-state index contributed by atoms with van der Waals surface area (Å²) >= 11 is 0. The first-order valence-corrected chi connectivity index (χ1v) is 11.7. The van der Waals surface area contributed by atoms with Gasteiger partial charge in [0, 0.05) is 11.3 Å². The summed E-state index contributed by atoms with van der Waals surface area (Å²) in [4.78, 5) is 52.7. The highest BCUT2D eigenvalue weighted by Crippen LogP contribution is 2.65. The third-order valence-corrected chi connectivity index (χ3v) is 7.68. The molecule has 0 radical (unpaired) electrons. The molecular weight excluding hydrogens is 432 g/mol. The second-order valence-corrected chi connectivity index (χ2v) is 9.47. The van der Waals surface area contributed by atoms with Gasteiger partial charge in [-0.3, -0.25) is 14.4 Å². The van der Waals surface area contributed by atoms with Crippen LogP contribution in [0.2, 0.25) is 0 Å². The second-order valence-electron chi connectivity index (χ2n) is 9.47. The lowest BCUT2D eigenvalue weighted by Crippen LogP contribution is -2.40. The van der Waals surface area contributed by atoms with Crippen LogP contribution in [0.4, 0.5) is 11.4 Å². The van der Waals surface area contributed by atoms with Crippen LogP contribution in [0.15, 0.2) is 60.7 Å². The van der Waals surface area contributed by atoms with Crippen molar-refractivity contribution in [1.82, 2.24) is 0 Å². The van der Waals surface area contributed by atoms with E-state index in [2.05, 4.69) is 17.5 Å². The molecule has 7 heteroatoms. The van der Waals surface area contributed by atoms with Crippen LogP contribution in [0.5, 0.6) is 0 Å². The Hall–Kier alpha value is -3.74. The average Bonchev–Trinajstić information content (AvgIpc) is 3.63. The fourth-order valence-corrected chi connectivity index (χ4v) is 6.11. The predicted molar refractivity (Wildman–Crippen MR) is 124 cm³/mol. The molecule has 1 aliphatic heterocycles. The monoisotopic (exact) mass is 456 g/mol. The quantitative estimate of drug-likeness (QED) is 0.421. The van der Waals surface area contributed by atoms with Gasteiger partial charge >= 0.3 is 5.97 Å². The molecular formula is C27H24N2O5. The van der Waals surface area contributed by atoms with Crippen molar-refractivity contribution in [3.05, 3.63) is 71.8 Å². The number of esters is 1. The van der Waals surface area contributed by atoms with Gasteiger partial charge in [0.15, 0.2) is 0 Å². The van der Waals surface area contributed by atoms with Crippen LogP contribution in [0, 0.1) is 35.5 Å². The summed E-state index contributed by atoms with van der Waals surface area (Å²) in [5, 5.41) is 2.79. The molecule has 5 aliphatic rings. The Morgan fingerprint density at radius 1 is 0.941 bits per heavy atom. The van der Waals surface area contributed by atoms with Crippen LogP contribution in [-0.2, 0) is 14.3 Å². The molecule has 0 spiro atoms. The molecule has 4 aliphatic carbocycles. The van der Waals surface area contributed by atoms with E-state index in [-0.39, 0.29) is 48.0 Å². The highest BCUT2D eigenvalue weighted by atomic mass is 16.5. The van der Waals surface area contributed by atoms with Crippen LogP contribution in [-0.4, -0.2) is 30.3 Å². The van der Waals surface area contributed by atoms with Crippen molar-refractivity contribution in [2.75, 3.05) is 16.8 Å². The van der Waals surface area contributed by atoms with E-state index in [9.17, 15) is 19.2 Å². The minimum atomic E-state index is -0.422. The minimum absolute atomic E-state index is 0.146. The maximum atomic E-state index is 13.3. The largest absolute Gasteiger partial charge is 0.462 e. The van der Waals surface area contributed by atoms with E-state index in [1.165, 1.54) is 4.90 Å². The zero-order valence-corrected chi connectivity index (χ0v) is 18.6. The number of hydrogen-bond donors (Lipinski definition) is 1. The normalized spacial score (nSPS) is 30.1. The van der Waals surface area contributed by atoms with Crippen molar-refractivity contribution in [2.24, 2.45) is 35.5 Å². The smallest absolute Gasteiger partial charge is 0.338 e. The molecule has 1 N–H and O–H groups in total. The van der Waals surface area contributed by atoms with Gasteiger partial charge in [0.25, 0.3) is 5.91 Å². The number of imide groups is 1. The molecule has 3 fully saturated rings. The first kappa shape index (κ1) is 20.8. The van der Waals surface area contributed by atoms with E-state index in [1.54, 1.807) is 55.5 Å². The van der Waals surface area contributed by atoms with Gasteiger partial charge < -0.3 is 10.1 Å². The number of nitrogens with zero attached hydrogens (tertiary/aromatic N) is 1. The SMILES string of the molecule is CCOC(=O)c1ccc(NC(=O)c2cccc(N3C(=O)[C@H]4[C@@H]5C=C[C@@H]([C@H]6C[C@H]56)[C@@H]4C3=O)c2)cc1. The Labute approximate surface area is 196 Å². The van der Waals surface area contributed by atoms with Gasteiger partial charge in [-0.2, -0.15) is 0 Å². The summed E-state index contributed by atoms with van der Waals surface area (Å²) in [6.07, 6.45) is 5.41. The van der Waals surface area contributed by atoms with Crippen molar-refractivity contribution in [3.8, 4) is 0 Å². The number of nitrogens with one attached hydrogen (secondary N) is 1. The van der Waals surface area contributed by atoms with E-state index in [0.29, 0.717) is 34.3 Å². The van der Waals surface area contributed by atoms with Gasteiger partial charge in [-0.15, -0.1) is 0 Å². The number of allylic oxidation sites excluding steroid dienone is 2. The van der Waals surface area contributed by atoms with E-state index in [0.717, 1.165) is 6.42 Å². The molecule has 6 atom stereocenters. The van der Waals surface area contributed by atoms with Crippen LogP contribution in [0.3, 0.4) is 0 Å². The van der Waals surface area contributed by atoms with Crippen LogP contribution >= 0.6 is 0 Å². The number of ether oxygens (including phenoxy) is 1. The van der Waals surface area contributed by atoms with Gasteiger partial charge in [0.05, 0.1) is 29.7 Å². The Morgan fingerprint density at radius 2 is 1.59 bits per heavy atom. The zero-order valence-electron chi connectivity index (χ0n) is 18.6. The minimum Gasteiger partial charge on any atom is -0.462 e. The molecule has 172 valence electrons. The molecule has 7 rings (SSSR count). The van der Waals surface area contributed by atoms with Gasteiger partial charge in [-0.1, -0.05) is 18.2 Å². The first-order valence-electron chi connectivity index (χ1n) is 11.7. The van der Waals surface area contributed by atoms with Crippen LogP contribution < -0.4 is 10.2 Å². The number of carbonyl (C=O) groups excluding carboxylic acids is 4. The average molecular weight is 456 g/mol. The molecule has 0 unspecified atom stereocenters. The van der Waals surface area contributed by atoms with E-state index >= 15 is 0 Å². The van der Waals surface area contributed by atoms with Gasteiger partial charge in [0.1, 0.15) is 0 Å². The van der Waals surface area contributed by atoms with E-state index in [4.69, 9.17) is 4.74 Å². The topological polar surface area (TPSA) is 92.8 Å². The van der Waals surface area contributed by atoms with Crippen molar-refractivity contribution < 1.29 is 23.9 Å². The molecule has 0 aromatic heterocycles. The number of rotatable bonds is 5. The number of carbonyl (C=O) groups is 4. The number of anilines is 2. The highest BCUT2D eigenvalue weighted by molar-refractivity contribution is 6.23. The predicted octanol–water partition coefficient (Wildman–Crippen LogP) is 3.67. The lowest BCUT2D eigenvalue weighted by Gasteiger charge is -2.37. The molecule has 1 saturated heterocycles. The summed E-state index contributed by atoms with van der Waals surface area (Å²) in [5.41, 5.74) is 1.69. The lowest BCUT2D eigenvalue weighted by molar-refractivity contribution is -0.124. The van der Waals surface area contributed by atoms with Crippen LogP contribution in [0.1, 0.15) is 34.1 Å². The van der Waals surface area contributed by atoms with Gasteiger partial charge in [-0.05, 0) is 79.5 Å². The molecule has 2 aromatic carbocycles. The summed E-state index contributed by atoms with van der Waals surface area (Å²) in [6.45, 7) is 2.03. The van der Waals surface area contributed by atoms with Gasteiger partial charge in [-0.25, -0.2) is 9.69 Å². The van der Waals surface area contributed by atoms with Crippen molar-refractivity contribution in [3.63, 3.8) is 0 Å². The molecule has 7 nitrogen and oxygen atoms in total. The number of hydrogen-bond acceptors (Lipinski definition) is 5. The second kappa shape index (κ2) is 7.65. The standard InChI is InChI=1S/C27H24N2O5/c1-2-34-27(33)14-6-8-16(9-7-14)28-24(30)15-4-3-5-17(12-15)29-25(31)22-18-10-11-19(21-13-20(18)21)23(22)26(29)32/h3-12,18-23H,2,13H2,1H3,(H,28,30)/t18-,19+,20-,21-,22+,23+/m1/s1. The van der Waals surface area contributed by atoms with Gasteiger partial charge in [0.2, 0.25) is 11.8 Å². The maximum absolute atomic E-state index is 13.3. The van der Waals surface area contributed by atoms with Crippen molar-refractivity contribution >= 4 is 35.1 Å². The zero-order chi connectivity index (χ0) is 23.6. The third-order valence-electron chi connectivity index (χ3n) is 7.68. The van der Waals surface area contributed by atoms with Crippen molar-refractivity contribution in [1.29, 1.82) is 0 Å². The molecule has 1 heterocycles. The summed E-state index contributed by atoms with van der Waals surface area (Å²) in [7, 11) is 0. The summed E-state index contributed by atoms with van der Waals surface area (Å²) in [5.74, 6) is -0.238. The van der Waals surface area contributed by atoms with Crippen LogP contribution in [0.25, 0.3) is 0 Å². The summed E-state index contributed by atoms with van der Waals surface area (Å²) < 4.78 is 4.97. The highest BCUT2D eigenvalue weighted by Gasteiger charge is 2.67. The summed E-state index contributed by atoms with van der Waals surface area (Å²) in [6, 6.07) is 13.0. The Kier molecular flexibility index (Phi) is 4.69. The number of benzene rings is 2. The fraction of sp³-hybridized carbons (Fsp3) is 0.333. The Bertz CT molecular complexity index is 1210. The fourth-order valence-electron chi connectivity index (χ4n) is 6.11. The van der Waals surface area contributed by atoms with E-state index in [1.807, 2.05) is 0 Å². The molecule has 34 heavy (non-hydrogen) atoms. The molecule has 2 aromatic rings. The first-order chi connectivity index (χ1) is 16.5. The van der Waals surface area contributed by atoms with E-state index < -0.39 is 5.97 Å². The maximum Gasteiger partial charge on any atom is 0.338 e. The number of amides is 3. The molecule has 2 saturated carbocycles. The Morgan fingerprint density at radius 3 is 2.21 bits per heavy atom. The third kappa shape index (κ3) is 3.10. The molecule has 3 amide bonds. The molecule has 2 bridgehead atoms. The van der Waals surface area contributed by atoms with Crippen molar-refractivity contribution in [2.45, 2.75) is 13.3 Å².